The summed E-state index contributed by atoms with van der Waals surface area (Å²) < 4.78 is 38.3. The molecular weight excluding hydrogens is 320 g/mol. The van der Waals surface area contributed by atoms with E-state index in [1.807, 2.05) is 0 Å². The normalized spacial score (nSPS) is 11.3. The first kappa shape index (κ1) is 16.0. The molecule has 0 fully saturated rings. The van der Waals surface area contributed by atoms with Gasteiger partial charge in [0.15, 0.2) is 0 Å². The number of sulfonamides is 1. The lowest BCUT2D eigenvalue weighted by molar-refractivity contribution is -0.137. The molecule has 0 amide bonds. The van der Waals surface area contributed by atoms with Crippen LogP contribution < -0.4 is 4.72 Å². The van der Waals surface area contributed by atoms with Gasteiger partial charge in [0.05, 0.1) is 21.5 Å². The molecule has 5 nitrogen and oxygen atoms in total. The first-order valence-electron chi connectivity index (χ1n) is 5.08. The average molecular weight is 330 g/mol. The van der Waals surface area contributed by atoms with Gasteiger partial charge in [-0.2, -0.15) is 0 Å². The highest BCUT2D eigenvalue weighted by atomic mass is 35.5. The van der Waals surface area contributed by atoms with Gasteiger partial charge in [-0.15, -0.1) is 0 Å². The van der Waals surface area contributed by atoms with E-state index < -0.39 is 27.6 Å². The SMILES string of the molecule is O=C(O)CCCS(=O)(=O)Nc1c(Cl)cc(F)cc1Cl. The van der Waals surface area contributed by atoms with E-state index in [1.165, 1.54) is 0 Å². The van der Waals surface area contributed by atoms with Crippen LogP contribution in [0.2, 0.25) is 10.0 Å². The molecule has 0 aliphatic heterocycles. The predicted octanol–water partition coefficient (Wildman–Crippen LogP) is 2.74. The fraction of sp³-hybridized carbons (Fsp3) is 0.300. The first-order chi connectivity index (χ1) is 8.71. The molecule has 0 radical (unpaired) electrons. The summed E-state index contributed by atoms with van der Waals surface area (Å²) in [7, 11) is -3.79. The van der Waals surface area contributed by atoms with Gasteiger partial charge in [0, 0.05) is 6.42 Å². The number of hydrogen-bond donors (Lipinski definition) is 2. The minimum atomic E-state index is -3.79. The molecule has 106 valence electrons. The van der Waals surface area contributed by atoms with Crippen LogP contribution in [0.1, 0.15) is 12.8 Å². The highest BCUT2D eigenvalue weighted by molar-refractivity contribution is 7.92. The lowest BCUT2D eigenvalue weighted by atomic mass is 10.3. The van der Waals surface area contributed by atoms with Crippen LogP contribution in [-0.2, 0) is 14.8 Å². The van der Waals surface area contributed by atoms with E-state index in [0.29, 0.717) is 0 Å². The summed E-state index contributed by atoms with van der Waals surface area (Å²) in [6.07, 6.45) is -0.326. The van der Waals surface area contributed by atoms with Crippen molar-refractivity contribution in [2.45, 2.75) is 12.8 Å². The van der Waals surface area contributed by atoms with E-state index in [0.717, 1.165) is 12.1 Å². The maximum atomic E-state index is 12.9. The Morgan fingerprint density at radius 2 is 1.84 bits per heavy atom. The van der Waals surface area contributed by atoms with Crippen LogP contribution in [0.5, 0.6) is 0 Å². The Hall–Kier alpha value is -1.05. The van der Waals surface area contributed by atoms with Gasteiger partial charge in [0.25, 0.3) is 0 Å². The lowest BCUT2D eigenvalue weighted by Crippen LogP contribution is -2.18. The third-order valence-electron chi connectivity index (χ3n) is 2.07. The zero-order valence-corrected chi connectivity index (χ0v) is 11.8. The van der Waals surface area contributed by atoms with Crippen LogP contribution in [0, 0.1) is 5.82 Å². The molecule has 0 heterocycles. The summed E-state index contributed by atoms with van der Waals surface area (Å²) in [5, 5.41) is 8.07. The van der Waals surface area contributed by atoms with E-state index in [9.17, 15) is 17.6 Å². The topological polar surface area (TPSA) is 83.5 Å². The van der Waals surface area contributed by atoms with Gasteiger partial charge in [-0.05, 0) is 18.6 Å². The highest BCUT2D eigenvalue weighted by Crippen LogP contribution is 2.32. The molecule has 0 unspecified atom stereocenters. The smallest absolute Gasteiger partial charge is 0.303 e. The number of carboxylic acids is 1. The molecule has 0 atom stereocenters. The van der Waals surface area contributed by atoms with Crippen LogP contribution in [0.3, 0.4) is 0 Å². The van der Waals surface area contributed by atoms with Gasteiger partial charge < -0.3 is 5.11 Å². The standard InChI is InChI=1S/C10H10Cl2FNO4S/c11-7-4-6(13)5-8(12)10(7)14-19(17,18)3-1-2-9(15)16/h4-5,14H,1-3H2,(H,15,16). The molecule has 0 aromatic heterocycles. The van der Waals surface area contributed by atoms with Gasteiger partial charge in [0.2, 0.25) is 10.0 Å². The number of halogens is 3. The average Bonchev–Trinajstić information content (AvgIpc) is 2.22. The Bertz CT molecular complexity index is 568. The van der Waals surface area contributed by atoms with Crippen LogP contribution in [0.4, 0.5) is 10.1 Å². The zero-order valence-electron chi connectivity index (χ0n) is 9.49. The van der Waals surface area contributed by atoms with Crippen molar-refractivity contribution in [3.05, 3.63) is 28.0 Å². The maximum absolute atomic E-state index is 12.9. The fourth-order valence-corrected chi connectivity index (χ4v) is 3.08. The minimum absolute atomic E-state index is 0.0545. The maximum Gasteiger partial charge on any atom is 0.303 e. The molecule has 0 saturated carbocycles. The fourth-order valence-electron chi connectivity index (χ4n) is 1.26. The van der Waals surface area contributed by atoms with Crippen LogP contribution in [0.25, 0.3) is 0 Å². The summed E-state index contributed by atoms with van der Waals surface area (Å²) in [6.45, 7) is 0. The molecule has 0 aliphatic carbocycles. The molecule has 9 heteroatoms. The Morgan fingerprint density at radius 1 is 1.32 bits per heavy atom. The summed E-state index contributed by atoms with van der Waals surface area (Å²) >= 11 is 11.4. The number of rotatable bonds is 6. The Balaban J connectivity index is 2.81. The number of aliphatic carboxylic acids is 1. The zero-order chi connectivity index (χ0) is 14.6. The molecule has 0 bridgehead atoms. The number of carboxylic acid groups (broad SMARTS) is 1. The Morgan fingerprint density at radius 3 is 2.32 bits per heavy atom. The number of anilines is 1. The highest BCUT2D eigenvalue weighted by Gasteiger charge is 2.16. The van der Waals surface area contributed by atoms with Gasteiger partial charge >= 0.3 is 5.97 Å². The van der Waals surface area contributed by atoms with Crippen molar-refractivity contribution >= 4 is 44.9 Å². The van der Waals surface area contributed by atoms with Crippen LogP contribution in [0.15, 0.2) is 12.1 Å². The van der Waals surface area contributed by atoms with E-state index in [-0.39, 0.29) is 28.6 Å². The Labute approximate surface area is 119 Å². The van der Waals surface area contributed by atoms with Crippen molar-refractivity contribution in [3.63, 3.8) is 0 Å². The third-order valence-corrected chi connectivity index (χ3v) is 4.01. The summed E-state index contributed by atoms with van der Waals surface area (Å²) in [6, 6.07) is 1.84. The van der Waals surface area contributed by atoms with Crippen LogP contribution in [-0.4, -0.2) is 25.2 Å². The lowest BCUT2D eigenvalue weighted by Gasteiger charge is -2.11. The third kappa shape index (κ3) is 5.22. The Kier molecular flexibility index (Phi) is 5.39. The van der Waals surface area contributed by atoms with Crippen LogP contribution >= 0.6 is 23.2 Å². The van der Waals surface area contributed by atoms with Crippen molar-refractivity contribution in [2.75, 3.05) is 10.5 Å². The van der Waals surface area contributed by atoms with Gasteiger partial charge in [0.1, 0.15) is 5.82 Å². The molecule has 1 rings (SSSR count). The van der Waals surface area contributed by atoms with Crippen molar-refractivity contribution in [3.8, 4) is 0 Å². The summed E-state index contributed by atoms with van der Waals surface area (Å²) in [5.74, 6) is -2.18. The molecule has 1 aromatic carbocycles. The predicted molar refractivity (Wildman–Crippen MR) is 70.7 cm³/mol. The van der Waals surface area contributed by atoms with Crippen molar-refractivity contribution in [1.29, 1.82) is 0 Å². The second-order valence-corrected chi connectivity index (χ2v) is 6.32. The van der Waals surface area contributed by atoms with Crippen molar-refractivity contribution in [2.24, 2.45) is 0 Å². The van der Waals surface area contributed by atoms with E-state index in [4.69, 9.17) is 28.3 Å². The first-order valence-corrected chi connectivity index (χ1v) is 7.49. The number of carbonyl (C=O) groups is 1. The minimum Gasteiger partial charge on any atom is -0.481 e. The molecule has 1 aromatic rings. The number of nitrogens with one attached hydrogen (secondary N) is 1. The van der Waals surface area contributed by atoms with E-state index >= 15 is 0 Å². The molecule has 0 saturated heterocycles. The molecule has 2 N–H and O–H groups in total. The van der Waals surface area contributed by atoms with Gasteiger partial charge in [-0.25, -0.2) is 12.8 Å². The molecule has 0 spiro atoms. The van der Waals surface area contributed by atoms with Crippen molar-refractivity contribution < 1.29 is 22.7 Å². The van der Waals surface area contributed by atoms with Crippen molar-refractivity contribution in [1.82, 2.24) is 0 Å². The second kappa shape index (κ2) is 6.40. The summed E-state index contributed by atoms with van der Waals surface area (Å²) in [4.78, 5) is 10.3. The van der Waals surface area contributed by atoms with E-state index in [1.54, 1.807) is 0 Å². The van der Waals surface area contributed by atoms with Gasteiger partial charge in [-0.3, -0.25) is 9.52 Å². The van der Waals surface area contributed by atoms with Gasteiger partial charge in [-0.1, -0.05) is 23.2 Å². The number of benzene rings is 1. The second-order valence-electron chi connectivity index (χ2n) is 3.66. The molecule has 19 heavy (non-hydrogen) atoms. The molecule has 0 aliphatic rings. The largest absolute Gasteiger partial charge is 0.481 e. The monoisotopic (exact) mass is 329 g/mol. The number of hydrogen-bond acceptors (Lipinski definition) is 3. The quantitative estimate of drug-likeness (QED) is 0.840. The summed E-state index contributed by atoms with van der Waals surface area (Å²) in [5.41, 5.74) is -0.125. The van der Waals surface area contributed by atoms with E-state index in [2.05, 4.69) is 4.72 Å². The molecular formula is C10H10Cl2FNO4S.